The summed E-state index contributed by atoms with van der Waals surface area (Å²) in [6.07, 6.45) is 10.3. The molecule has 0 aromatic heterocycles. The van der Waals surface area contributed by atoms with Crippen molar-refractivity contribution in [3.8, 4) is 5.75 Å². The van der Waals surface area contributed by atoms with Gasteiger partial charge in [0.1, 0.15) is 11.8 Å². The molecule has 6 heteroatoms. The molecule has 2 N–H and O–H groups in total. The van der Waals surface area contributed by atoms with Gasteiger partial charge in [-0.2, -0.15) is 0 Å². The second-order valence-corrected chi connectivity index (χ2v) is 8.80. The van der Waals surface area contributed by atoms with Crippen LogP contribution >= 0.6 is 0 Å². The molecule has 28 heavy (non-hydrogen) atoms. The molecule has 0 saturated heterocycles. The van der Waals surface area contributed by atoms with Crippen LogP contribution in [0, 0.1) is 17.8 Å². The number of primary amides is 1. The van der Waals surface area contributed by atoms with Gasteiger partial charge < -0.3 is 15.4 Å². The molecule has 2 aliphatic carbocycles. The van der Waals surface area contributed by atoms with Crippen molar-refractivity contribution in [2.75, 3.05) is 18.5 Å². The summed E-state index contributed by atoms with van der Waals surface area (Å²) < 4.78 is 6.14. The number of hydrogen-bond donors (Lipinski definition) is 1. The van der Waals surface area contributed by atoms with E-state index >= 15 is 0 Å². The topological polar surface area (TPSA) is 89.7 Å². The highest BCUT2D eigenvalue weighted by Gasteiger charge is 2.32. The molecular weight excluding hydrogens is 356 g/mol. The van der Waals surface area contributed by atoms with Crippen LogP contribution in [0.3, 0.4) is 0 Å². The Morgan fingerprint density at radius 1 is 1.07 bits per heavy atom. The smallest absolute Gasteiger partial charge is 0.272 e. The van der Waals surface area contributed by atoms with E-state index in [2.05, 4.69) is 6.92 Å². The highest BCUT2D eigenvalue weighted by atomic mass is 16.5. The molecule has 3 rings (SSSR count). The van der Waals surface area contributed by atoms with Crippen LogP contribution in [0.1, 0.15) is 71.1 Å². The van der Waals surface area contributed by atoms with Gasteiger partial charge in [-0.15, -0.1) is 0 Å². The van der Waals surface area contributed by atoms with E-state index in [4.69, 9.17) is 10.5 Å². The molecule has 1 atom stereocenters. The molecule has 1 unspecified atom stereocenters. The Balaban J connectivity index is 1.63. The van der Waals surface area contributed by atoms with Gasteiger partial charge in [0.25, 0.3) is 10.9 Å². The Morgan fingerprint density at radius 2 is 1.71 bits per heavy atom. The number of anilines is 1. The summed E-state index contributed by atoms with van der Waals surface area (Å²) in [6, 6.07) is 0. The molecule has 0 spiro atoms. The molecule has 2 fully saturated rings. The summed E-state index contributed by atoms with van der Waals surface area (Å²) in [7, 11) is 1.87. The zero-order valence-electron chi connectivity index (χ0n) is 17.2. The van der Waals surface area contributed by atoms with Crippen molar-refractivity contribution in [2.24, 2.45) is 23.5 Å². The largest absolute Gasteiger partial charge is 0.484 e. The number of ether oxygens (including phenoxy) is 1. The predicted molar refractivity (Wildman–Crippen MR) is 111 cm³/mol. The maximum absolute atomic E-state index is 12.3. The number of rotatable bonds is 8. The summed E-state index contributed by atoms with van der Waals surface area (Å²) in [5.41, 5.74) is 4.94. The minimum absolute atomic E-state index is 0.0155. The van der Waals surface area contributed by atoms with Crippen molar-refractivity contribution < 1.29 is 9.53 Å². The van der Waals surface area contributed by atoms with Crippen LogP contribution in [-0.2, 0) is 4.79 Å². The van der Waals surface area contributed by atoms with Crippen molar-refractivity contribution in [1.29, 1.82) is 0 Å². The van der Waals surface area contributed by atoms with Gasteiger partial charge in [0, 0.05) is 19.5 Å². The van der Waals surface area contributed by atoms with Crippen molar-refractivity contribution in [3.63, 3.8) is 0 Å². The zero-order valence-corrected chi connectivity index (χ0v) is 17.2. The molecule has 156 valence electrons. The van der Waals surface area contributed by atoms with Crippen LogP contribution < -0.4 is 26.2 Å². The molecule has 0 bridgehead atoms. The SMILES string of the molecule is CCC(Oc1c(N(C)CC2CCC(C(N)=O)CC2)c(=O)c1=O)C1CCCCC1. The first-order chi connectivity index (χ1) is 13.4. The van der Waals surface area contributed by atoms with Crippen LogP contribution in [0.15, 0.2) is 9.59 Å². The Labute approximate surface area is 167 Å². The minimum Gasteiger partial charge on any atom is -0.484 e. The lowest BCUT2D eigenvalue weighted by molar-refractivity contribution is -0.122. The van der Waals surface area contributed by atoms with E-state index in [-0.39, 0.29) is 23.7 Å². The van der Waals surface area contributed by atoms with Gasteiger partial charge >= 0.3 is 0 Å². The third-order valence-electron chi connectivity index (χ3n) is 6.85. The highest BCUT2D eigenvalue weighted by molar-refractivity contribution is 5.76. The van der Waals surface area contributed by atoms with E-state index in [1.54, 1.807) is 0 Å². The average Bonchev–Trinajstić information content (AvgIpc) is 2.71. The summed E-state index contributed by atoms with van der Waals surface area (Å²) in [5.74, 6) is 0.921. The number of nitrogens with two attached hydrogens (primary N) is 1. The standard InChI is InChI=1S/C22H34N2O4/c1-3-17(15-7-5-4-6-8-15)28-21-18(19(25)20(21)26)24(2)13-14-9-11-16(12-10-14)22(23)27/h14-17H,3-13H2,1-2H3,(H2,23,27). The third kappa shape index (κ3) is 4.41. The van der Waals surface area contributed by atoms with E-state index in [9.17, 15) is 14.4 Å². The summed E-state index contributed by atoms with van der Waals surface area (Å²) in [6.45, 7) is 2.79. The fourth-order valence-electron chi connectivity index (χ4n) is 5.09. The molecule has 0 aliphatic heterocycles. The van der Waals surface area contributed by atoms with Crippen molar-refractivity contribution in [3.05, 3.63) is 20.4 Å². The van der Waals surface area contributed by atoms with Gasteiger partial charge in [-0.05, 0) is 56.8 Å². The van der Waals surface area contributed by atoms with Crippen molar-refractivity contribution >= 4 is 11.6 Å². The quantitative estimate of drug-likeness (QED) is 0.690. The third-order valence-corrected chi connectivity index (χ3v) is 6.85. The Hall–Kier alpha value is -1.85. The normalized spacial score (nSPS) is 24.8. The molecule has 2 saturated carbocycles. The summed E-state index contributed by atoms with van der Waals surface area (Å²) in [5, 5.41) is 0. The molecular formula is C22H34N2O4. The number of carbonyl (C=O) groups is 1. The summed E-state index contributed by atoms with van der Waals surface area (Å²) in [4.78, 5) is 37.7. The molecule has 1 aromatic carbocycles. The van der Waals surface area contributed by atoms with Crippen LogP contribution in [0.4, 0.5) is 5.69 Å². The molecule has 0 radical (unpaired) electrons. The minimum atomic E-state index is -0.478. The van der Waals surface area contributed by atoms with Gasteiger partial charge in [0.05, 0.1) is 0 Å². The molecule has 6 nitrogen and oxygen atoms in total. The number of hydrogen-bond acceptors (Lipinski definition) is 5. The van der Waals surface area contributed by atoms with Gasteiger partial charge in [-0.3, -0.25) is 14.4 Å². The van der Waals surface area contributed by atoms with Crippen molar-refractivity contribution in [2.45, 2.75) is 77.2 Å². The Morgan fingerprint density at radius 3 is 2.29 bits per heavy atom. The van der Waals surface area contributed by atoms with Gasteiger partial charge in [0.15, 0.2) is 5.75 Å². The fraction of sp³-hybridized carbons (Fsp3) is 0.773. The summed E-state index contributed by atoms with van der Waals surface area (Å²) >= 11 is 0. The highest BCUT2D eigenvalue weighted by Crippen LogP contribution is 2.34. The van der Waals surface area contributed by atoms with E-state index in [0.717, 1.165) is 44.9 Å². The molecule has 1 amide bonds. The van der Waals surface area contributed by atoms with Gasteiger partial charge in [-0.1, -0.05) is 26.2 Å². The Bertz CT molecular complexity index is 738. The molecule has 2 aliphatic rings. The zero-order chi connectivity index (χ0) is 20.3. The first kappa shape index (κ1) is 20.9. The molecule has 0 heterocycles. The maximum Gasteiger partial charge on any atom is 0.272 e. The average molecular weight is 391 g/mol. The first-order valence-corrected chi connectivity index (χ1v) is 10.9. The fourth-order valence-corrected chi connectivity index (χ4v) is 5.09. The number of nitrogens with zero attached hydrogens (tertiary/aromatic N) is 1. The second-order valence-electron chi connectivity index (χ2n) is 8.80. The molecule has 1 aromatic rings. The lowest BCUT2D eigenvalue weighted by Crippen LogP contribution is -2.44. The lowest BCUT2D eigenvalue weighted by atomic mass is 9.81. The van der Waals surface area contributed by atoms with E-state index in [1.807, 2.05) is 11.9 Å². The van der Waals surface area contributed by atoms with Gasteiger partial charge in [0.2, 0.25) is 5.91 Å². The van der Waals surface area contributed by atoms with Crippen LogP contribution in [0.2, 0.25) is 0 Å². The number of carbonyl (C=O) groups excluding carboxylic acids is 1. The second kappa shape index (κ2) is 9.10. The predicted octanol–water partition coefficient (Wildman–Crippen LogP) is 2.75. The van der Waals surface area contributed by atoms with E-state index in [1.165, 1.54) is 19.3 Å². The van der Waals surface area contributed by atoms with E-state index < -0.39 is 10.9 Å². The first-order valence-electron chi connectivity index (χ1n) is 10.9. The Kier molecular flexibility index (Phi) is 6.78. The van der Waals surface area contributed by atoms with E-state index in [0.29, 0.717) is 24.1 Å². The van der Waals surface area contributed by atoms with Gasteiger partial charge in [-0.25, -0.2) is 0 Å². The number of amides is 1. The van der Waals surface area contributed by atoms with Crippen LogP contribution in [0.5, 0.6) is 5.75 Å². The van der Waals surface area contributed by atoms with Crippen LogP contribution in [0.25, 0.3) is 0 Å². The maximum atomic E-state index is 12.3. The van der Waals surface area contributed by atoms with Crippen LogP contribution in [-0.4, -0.2) is 25.6 Å². The lowest BCUT2D eigenvalue weighted by Gasteiger charge is -2.34. The monoisotopic (exact) mass is 390 g/mol. The van der Waals surface area contributed by atoms with Crippen molar-refractivity contribution in [1.82, 2.24) is 0 Å².